The first-order valence-corrected chi connectivity index (χ1v) is 17.4. The number of hydrogen-bond acceptors (Lipinski definition) is 3. The number of carbonyl (C=O) groups is 2. The Hall–Kier alpha value is -2.10. The minimum absolute atomic E-state index is 0.0128. The maximum Gasteiger partial charge on any atom is 0.302 e. The standard InChI is InChI=1S/C39H57NO3/c1-25(2)28-16-21-39(34(42)40-24-27-12-10-9-11-13-27)23-22-37(7)29(33(28)39)14-15-31-36(6)19-18-32(43-26(3)41)35(4,5)30(36)17-20-38(31,37)8/h9-13,28-33H,1,14-24H2,2-8H3,(H,40,42)/t28-,29?,30?,31?,32-,33?,36-,37+,38+,39-/m0/s1. The van der Waals surface area contributed by atoms with Crippen molar-refractivity contribution < 1.29 is 14.3 Å². The van der Waals surface area contributed by atoms with Crippen molar-refractivity contribution in [1.82, 2.24) is 5.32 Å². The topological polar surface area (TPSA) is 55.4 Å². The number of allylic oxidation sites excluding steroid dienone is 1. The van der Waals surface area contributed by atoms with E-state index < -0.39 is 0 Å². The van der Waals surface area contributed by atoms with E-state index in [0.29, 0.717) is 42.0 Å². The van der Waals surface area contributed by atoms with E-state index >= 15 is 0 Å². The van der Waals surface area contributed by atoms with Crippen molar-refractivity contribution in [1.29, 1.82) is 0 Å². The van der Waals surface area contributed by atoms with E-state index in [9.17, 15) is 9.59 Å². The minimum Gasteiger partial charge on any atom is -0.462 e. The molecular weight excluding hydrogens is 530 g/mol. The number of rotatable bonds is 5. The van der Waals surface area contributed by atoms with Crippen LogP contribution in [0.5, 0.6) is 0 Å². The van der Waals surface area contributed by atoms with Crippen molar-refractivity contribution in [3.05, 3.63) is 48.0 Å². The fraction of sp³-hybridized carbons (Fsp3) is 0.744. The van der Waals surface area contributed by atoms with Crippen LogP contribution in [-0.4, -0.2) is 18.0 Å². The highest BCUT2D eigenvalue weighted by Gasteiger charge is 2.72. The lowest BCUT2D eigenvalue weighted by atomic mass is 9.32. The number of nitrogens with one attached hydrogen (secondary N) is 1. The van der Waals surface area contributed by atoms with Crippen LogP contribution >= 0.6 is 0 Å². The third-order valence-electron chi connectivity index (χ3n) is 15.1. The molecule has 0 bridgehead atoms. The number of esters is 1. The van der Waals surface area contributed by atoms with Crippen LogP contribution in [0.25, 0.3) is 0 Å². The van der Waals surface area contributed by atoms with Gasteiger partial charge in [-0.15, -0.1) is 0 Å². The van der Waals surface area contributed by atoms with Gasteiger partial charge in [0.2, 0.25) is 5.91 Å². The molecule has 1 amide bonds. The van der Waals surface area contributed by atoms with Gasteiger partial charge in [-0.1, -0.05) is 77.1 Å². The maximum atomic E-state index is 14.3. The van der Waals surface area contributed by atoms with Gasteiger partial charge in [0, 0.05) is 18.9 Å². The maximum absolute atomic E-state index is 14.3. The number of benzene rings is 1. The molecule has 5 aliphatic rings. The van der Waals surface area contributed by atoms with Crippen LogP contribution < -0.4 is 5.32 Å². The van der Waals surface area contributed by atoms with E-state index in [-0.39, 0.29) is 39.1 Å². The van der Waals surface area contributed by atoms with Crippen LogP contribution in [0.4, 0.5) is 0 Å². The normalized spacial score (nSPS) is 44.6. The first kappa shape index (κ1) is 30.9. The summed E-state index contributed by atoms with van der Waals surface area (Å²) in [7, 11) is 0. The molecule has 10 atom stereocenters. The fourth-order valence-electron chi connectivity index (χ4n) is 12.9. The molecule has 0 aliphatic heterocycles. The Kier molecular flexibility index (Phi) is 7.53. The molecular formula is C39H57NO3. The van der Waals surface area contributed by atoms with Gasteiger partial charge < -0.3 is 10.1 Å². The molecule has 43 heavy (non-hydrogen) atoms. The van der Waals surface area contributed by atoms with Crippen molar-refractivity contribution in [3.8, 4) is 0 Å². The monoisotopic (exact) mass is 587 g/mol. The van der Waals surface area contributed by atoms with E-state index in [1.807, 2.05) is 6.07 Å². The predicted molar refractivity (Wildman–Crippen MR) is 173 cm³/mol. The highest BCUT2D eigenvalue weighted by Crippen LogP contribution is 2.77. The van der Waals surface area contributed by atoms with Crippen LogP contribution in [0.3, 0.4) is 0 Å². The van der Waals surface area contributed by atoms with Gasteiger partial charge in [0.15, 0.2) is 0 Å². The zero-order valence-corrected chi connectivity index (χ0v) is 28.1. The van der Waals surface area contributed by atoms with Crippen molar-refractivity contribution in [3.63, 3.8) is 0 Å². The van der Waals surface area contributed by atoms with Crippen LogP contribution in [-0.2, 0) is 20.9 Å². The Morgan fingerprint density at radius 3 is 2.23 bits per heavy atom. The minimum atomic E-state index is -0.281. The SMILES string of the molecule is C=C(C)[C@@H]1CC[C@]2(C(=O)NCc3ccccc3)CC[C@]3(C)C(CCC4[C@@]5(C)CC[C@H](OC(C)=O)C(C)(C)C5CC[C@]43C)C12. The van der Waals surface area contributed by atoms with Crippen molar-refractivity contribution in [2.45, 2.75) is 125 Å². The average Bonchev–Trinajstić information content (AvgIpc) is 3.35. The largest absolute Gasteiger partial charge is 0.462 e. The first-order chi connectivity index (χ1) is 20.2. The summed E-state index contributed by atoms with van der Waals surface area (Å²) in [6.07, 6.45) is 11.3. The Bertz CT molecular complexity index is 1270. The molecule has 5 fully saturated rings. The molecule has 4 heteroatoms. The summed E-state index contributed by atoms with van der Waals surface area (Å²) >= 11 is 0. The van der Waals surface area contributed by atoms with Gasteiger partial charge in [0.25, 0.3) is 0 Å². The van der Waals surface area contributed by atoms with E-state index in [1.165, 1.54) is 36.8 Å². The lowest BCUT2D eigenvalue weighted by molar-refractivity contribution is -0.248. The second kappa shape index (κ2) is 10.5. The number of carbonyl (C=O) groups excluding carboxylic acids is 2. The molecule has 1 N–H and O–H groups in total. The Labute approximate surface area is 261 Å². The molecule has 0 saturated heterocycles. The molecule has 0 heterocycles. The van der Waals surface area contributed by atoms with Gasteiger partial charge in [0.1, 0.15) is 6.10 Å². The van der Waals surface area contributed by atoms with Crippen LogP contribution in [0.15, 0.2) is 42.5 Å². The lowest BCUT2D eigenvalue weighted by Gasteiger charge is -2.72. The van der Waals surface area contributed by atoms with Crippen LogP contribution in [0.1, 0.15) is 118 Å². The molecule has 0 spiro atoms. The number of ether oxygens (including phenoxy) is 1. The highest BCUT2D eigenvalue weighted by molar-refractivity contribution is 5.84. The molecule has 0 aromatic heterocycles. The molecule has 6 rings (SSSR count). The number of fused-ring (bicyclic) bond motifs is 7. The Morgan fingerprint density at radius 2 is 1.56 bits per heavy atom. The summed E-state index contributed by atoms with van der Waals surface area (Å²) in [5.74, 6) is 2.70. The van der Waals surface area contributed by atoms with Crippen molar-refractivity contribution >= 4 is 11.9 Å². The first-order valence-electron chi connectivity index (χ1n) is 17.4. The van der Waals surface area contributed by atoms with E-state index in [1.54, 1.807) is 6.92 Å². The Balaban J connectivity index is 1.31. The summed E-state index contributed by atoms with van der Waals surface area (Å²) in [6, 6.07) is 10.4. The van der Waals surface area contributed by atoms with Gasteiger partial charge in [-0.05, 0) is 123 Å². The van der Waals surface area contributed by atoms with Gasteiger partial charge in [-0.2, -0.15) is 0 Å². The molecule has 5 saturated carbocycles. The van der Waals surface area contributed by atoms with Crippen LogP contribution in [0, 0.1) is 56.7 Å². The molecule has 4 unspecified atom stereocenters. The van der Waals surface area contributed by atoms with Gasteiger partial charge in [-0.3, -0.25) is 9.59 Å². The summed E-state index contributed by atoms with van der Waals surface area (Å²) in [5.41, 5.74) is 2.83. The van der Waals surface area contributed by atoms with Crippen molar-refractivity contribution in [2.24, 2.45) is 56.7 Å². The quantitative estimate of drug-likeness (QED) is 0.276. The molecule has 236 valence electrons. The van der Waals surface area contributed by atoms with E-state index in [2.05, 4.69) is 77.7 Å². The summed E-state index contributed by atoms with van der Waals surface area (Å²) in [5, 5.41) is 3.43. The Morgan fingerprint density at radius 1 is 0.837 bits per heavy atom. The molecule has 4 nitrogen and oxygen atoms in total. The van der Waals surface area contributed by atoms with Gasteiger partial charge in [-0.25, -0.2) is 0 Å². The predicted octanol–water partition coefficient (Wildman–Crippen LogP) is 8.89. The van der Waals surface area contributed by atoms with Gasteiger partial charge in [0.05, 0.1) is 5.41 Å². The lowest BCUT2D eigenvalue weighted by Crippen LogP contribution is -2.67. The zero-order chi connectivity index (χ0) is 31.0. The zero-order valence-electron chi connectivity index (χ0n) is 28.1. The third-order valence-corrected chi connectivity index (χ3v) is 15.1. The molecule has 1 aromatic carbocycles. The number of amides is 1. The summed E-state index contributed by atoms with van der Waals surface area (Å²) in [6.45, 7) is 21.6. The smallest absolute Gasteiger partial charge is 0.302 e. The van der Waals surface area contributed by atoms with E-state index in [4.69, 9.17) is 4.74 Å². The van der Waals surface area contributed by atoms with Crippen molar-refractivity contribution in [2.75, 3.05) is 0 Å². The third kappa shape index (κ3) is 4.42. The molecule has 5 aliphatic carbocycles. The number of hydrogen-bond donors (Lipinski definition) is 1. The van der Waals surface area contributed by atoms with E-state index in [0.717, 1.165) is 38.5 Å². The van der Waals surface area contributed by atoms with Gasteiger partial charge >= 0.3 is 5.97 Å². The fourth-order valence-corrected chi connectivity index (χ4v) is 12.9. The second-order valence-corrected chi connectivity index (χ2v) is 17.0. The van der Waals surface area contributed by atoms with Crippen LogP contribution in [0.2, 0.25) is 0 Å². The second-order valence-electron chi connectivity index (χ2n) is 17.0. The summed E-state index contributed by atoms with van der Waals surface area (Å²) in [4.78, 5) is 26.3. The average molecular weight is 588 g/mol. The molecule has 1 aromatic rings. The molecule has 0 radical (unpaired) electrons. The highest BCUT2D eigenvalue weighted by atomic mass is 16.5. The summed E-state index contributed by atoms with van der Waals surface area (Å²) < 4.78 is 5.95.